The van der Waals surface area contributed by atoms with Gasteiger partial charge in [0.2, 0.25) is 0 Å². The summed E-state index contributed by atoms with van der Waals surface area (Å²) in [6.07, 6.45) is 0. The quantitative estimate of drug-likeness (QED) is 0.676. The Balaban J connectivity index is 5.28. The van der Waals surface area contributed by atoms with E-state index in [9.17, 15) is 0 Å². The fourth-order valence-corrected chi connectivity index (χ4v) is 3.14. The van der Waals surface area contributed by atoms with Crippen LogP contribution in [0.3, 0.4) is 0 Å². The van der Waals surface area contributed by atoms with E-state index in [-0.39, 0.29) is 0 Å². The Hall–Kier alpha value is 0.298. The Morgan fingerprint density at radius 2 is 1.31 bits per heavy atom. The van der Waals surface area contributed by atoms with Gasteiger partial charge < -0.3 is 0 Å². The van der Waals surface area contributed by atoms with Gasteiger partial charge in [-0.25, -0.2) is 0 Å². The van der Waals surface area contributed by atoms with Crippen LogP contribution in [0.1, 0.15) is 48.5 Å². The molecular weight excluding hydrogens is 328 g/mol. The van der Waals surface area contributed by atoms with Crippen molar-refractivity contribution in [2.75, 3.05) is 0 Å². The van der Waals surface area contributed by atoms with Crippen LogP contribution in [-0.2, 0) is 19.4 Å². The molecule has 0 spiro atoms. The molecule has 0 rings (SSSR count). The molecule has 0 fully saturated rings. The van der Waals surface area contributed by atoms with E-state index < -0.39 is 0 Å². The molecule has 0 bridgehead atoms. The second-order valence-corrected chi connectivity index (χ2v) is 6.50. The first-order valence-electron chi connectivity index (χ1n) is 4.77. The summed E-state index contributed by atoms with van der Waals surface area (Å²) in [6, 6.07) is 0. The van der Waals surface area contributed by atoms with Gasteiger partial charge in [0.15, 0.2) is 0 Å². The maximum atomic E-state index is 2.33. The van der Waals surface area contributed by atoms with Crippen LogP contribution in [0.25, 0.3) is 0 Å². The van der Waals surface area contributed by atoms with Gasteiger partial charge in [0.25, 0.3) is 0 Å². The third-order valence-electron chi connectivity index (χ3n) is 2.45. The van der Waals surface area contributed by atoms with Gasteiger partial charge in [0.1, 0.15) is 0 Å². The minimum absolute atomic E-state index is 0.291. The predicted octanol–water partition coefficient (Wildman–Crippen LogP) is 3.74. The van der Waals surface area contributed by atoms with Gasteiger partial charge in [-0.2, -0.15) is 0 Å². The van der Waals surface area contributed by atoms with Crippen molar-refractivity contribution in [1.82, 2.24) is 0 Å². The Kier molecular flexibility index (Phi) is 4.31. The minimum atomic E-state index is 0.291. The summed E-state index contributed by atoms with van der Waals surface area (Å²) in [5, 5.41) is 0. The first-order valence-corrected chi connectivity index (χ1v) is 6.47. The van der Waals surface area contributed by atoms with Gasteiger partial charge in [-0.05, 0) is 0 Å². The molecule has 76 valence electrons. The third-order valence-corrected chi connectivity index (χ3v) is 3.30. The molecule has 0 N–H and O–H groups in total. The molecule has 0 amide bonds. The van der Waals surface area contributed by atoms with E-state index in [1.807, 2.05) is 0 Å². The van der Waals surface area contributed by atoms with Crippen LogP contribution < -0.4 is 0 Å². The van der Waals surface area contributed by atoms with Crippen molar-refractivity contribution in [3.8, 4) is 0 Å². The fourth-order valence-electron chi connectivity index (χ4n) is 1.23. The average molecular weight is 350 g/mol. The summed E-state index contributed by atoms with van der Waals surface area (Å²) in [7, 11) is 0. The Bertz CT molecular complexity index is 220. The van der Waals surface area contributed by atoms with Gasteiger partial charge in [0.05, 0.1) is 0 Å². The number of allylic oxidation sites excluding steroid dienone is 2. The zero-order valence-electron chi connectivity index (χ0n) is 9.99. The van der Waals surface area contributed by atoms with E-state index >= 15 is 0 Å². The molecule has 0 nitrogen and oxygen atoms in total. The molecule has 0 aromatic carbocycles. The first kappa shape index (κ1) is 13.3. The monoisotopic (exact) mass is 350 g/mol. The van der Waals surface area contributed by atoms with Gasteiger partial charge >= 0.3 is 94.2 Å². The van der Waals surface area contributed by atoms with Gasteiger partial charge in [-0.1, -0.05) is 0 Å². The van der Waals surface area contributed by atoms with E-state index in [4.69, 9.17) is 0 Å². The van der Waals surface area contributed by atoms with Crippen LogP contribution in [0.4, 0.5) is 0 Å². The predicted molar refractivity (Wildman–Crippen MR) is 57.7 cm³/mol. The van der Waals surface area contributed by atoms with Crippen LogP contribution in [0.5, 0.6) is 0 Å². The van der Waals surface area contributed by atoms with Crippen LogP contribution in [0, 0.1) is 10.8 Å². The van der Waals surface area contributed by atoms with Crippen LogP contribution >= 0.6 is 0 Å². The van der Waals surface area contributed by atoms with Crippen molar-refractivity contribution >= 4 is 4.40 Å². The molecular formula is C12H22W. The van der Waals surface area contributed by atoms with Crippen molar-refractivity contribution < 1.29 is 19.4 Å². The van der Waals surface area contributed by atoms with E-state index in [1.165, 1.54) is 11.1 Å². The van der Waals surface area contributed by atoms with Crippen molar-refractivity contribution in [3.63, 3.8) is 0 Å². The fraction of sp³-hybridized carbons (Fsp3) is 0.750. The Labute approximate surface area is 94.2 Å². The summed E-state index contributed by atoms with van der Waals surface area (Å²) >= 11 is 1.54. The van der Waals surface area contributed by atoms with Crippen LogP contribution in [0.15, 0.2) is 11.1 Å². The van der Waals surface area contributed by atoms with E-state index in [0.717, 1.165) is 0 Å². The summed E-state index contributed by atoms with van der Waals surface area (Å²) in [5.41, 5.74) is 3.64. The summed E-state index contributed by atoms with van der Waals surface area (Å²) in [5.74, 6) is 0. The molecule has 1 heteroatoms. The standard InChI is InChI=1S/C12H22.W/c1-9(11(3,4)5)10(2)12(6,7)8;/h1H,2-8H3;. The molecule has 0 aliphatic heterocycles. The Morgan fingerprint density at radius 3 is 1.38 bits per heavy atom. The second kappa shape index (κ2) is 4.22. The van der Waals surface area contributed by atoms with Crippen molar-refractivity contribution in [1.29, 1.82) is 0 Å². The first-order chi connectivity index (χ1) is 5.60. The molecule has 0 aliphatic carbocycles. The van der Waals surface area contributed by atoms with Gasteiger partial charge in [-0.15, -0.1) is 0 Å². The molecule has 0 aromatic heterocycles. The SMILES string of the molecule is CC(=C([CH]=[W])C(C)(C)C)C(C)(C)C. The topological polar surface area (TPSA) is 0 Å². The molecule has 0 aliphatic rings. The summed E-state index contributed by atoms with van der Waals surface area (Å²) in [6.45, 7) is 16.0. The van der Waals surface area contributed by atoms with Crippen LogP contribution in [0.2, 0.25) is 0 Å². The van der Waals surface area contributed by atoms with Gasteiger partial charge in [-0.3, -0.25) is 0 Å². The number of hydrogen-bond acceptors (Lipinski definition) is 0. The molecule has 0 aromatic rings. The Morgan fingerprint density at radius 1 is 0.923 bits per heavy atom. The summed E-state index contributed by atoms with van der Waals surface area (Å²) in [4.78, 5) is 0. The molecule has 0 saturated heterocycles. The molecule has 0 heterocycles. The third kappa shape index (κ3) is 3.90. The van der Waals surface area contributed by atoms with Crippen LogP contribution in [-0.4, -0.2) is 4.40 Å². The number of hydrogen-bond donors (Lipinski definition) is 0. The summed E-state index contributed by atoms with van der Waals surface area (Å²) < 4.78 is 2.33. The van der Waals surface area contributed by atoms with Gasteiger partial charge in [0, 0.05) is 0 Å². The molecule has 0 unspecified atom stereocenters. The molecule has 0 saturated carbocycles. The average Bonchev–Trinajstić information content (AvgIpc) is 1.83. The van der Waals surface area contributed by atoms with E-state index in [2.05, 4.69) is 52.9 Å². The zero-order valence-corrected chi connectivity index (χ0v) is 12.9. The second-order valence-electron chi connectivity index (χ2n) is 5.66. The molecule has 13 heavy (non-hydrogen) atoms. The van der Waals surface area contributed by atoms with Crippen molar-refractivity contribution in [2.45, 2.75) is 48.5 Å². The maximum absolute atomic E-state index is 2.33. The van der Waals surface area contributed by atoms with Crippen molar-refractivity contribution in [3.05, 3.63) is 11.1 Å². The molecule has 0 radical (unpaired) electrons. The molecule has 0 atom stereocenters. The van der Waals surface area contributed by atoms with Crippen molar-refractivity contribution in [2.24, 2.45) is 10.8 Å². The zero-order chi connectivity index (χ0) is 10.9. The van der Waals surface area contributed by atoms with E-state index in [1.54, 1.807) is 19.4 Å². The van der Waals surface area contributed by atoms with E-state index in [0.29, 0.717) is 10.8 Å². The normalized spacial score (nSPS) is 15.3. The number of rotatable bonds is 1.